The molecule has 4 aliphatic rings. The van der Waals surface area contributed by atoms with Crippen LogP contribution in [-0.4, -0.2) is 42.8 Å². The Hall–Kier alpha value is -1.79. The number of rotatable bonds is 2. The number of carbonyl (C=O) groups is 1. The lowest BCUT2D eigenvalue weighted by molar-refractivity contribution is -0.160. The number of hydrogen-bond acceptors (Lipinski definition) is 5. The molecule has 6 nitrogen and oxygen atoms in total. The Morgan fingerprint density at radius 3 is 2.60 bits per heavy atom. The highest BCUT2D eigenvalue weighted by molar-refractivity contribution is 5.74. The molecule has 6 atom stereocenters. The fourth-order valence-corrected chi connectivity index (χ4v) is 6.83. The summed E-state index contributed by atoms with van der Waals surface area (Å²) in [6.45, 7) is 10.4. The monoisotopic (exact) mass is 414 g/mol. The van der Waals surface area contributed by atoms with Crippen LogP contribution in [0.1, 0.15) is 58.6 Å². The molecule has 2 N–H and O–H groups in total. The lowest BCUT2D eigenvalue weighted by Gasteiger charge is -2.63. The van der Waals surface area contributed by atoms with Crippen molar-refractivity contribution in [3.05, 3.63) is 23.8 Å². The number of fused-ring (bicyclic) bond motifs is 5. The number of nitrogens with one attached hydrogen (secondary N) is 2. The Labute approximate surface area is 179 Å². The van der Waals surface area contributed by atoms with Gasteiger partial charge >= 0.3 is 0 Å². The van der Waals surface area contributed by atoms with Gasteiger partial charge in [0.2, 0.25) is 5.91 Å². The van der Waals surface area contributed by atoms with Crippen molar-refractivity contribution in [3.63, 3.8) is 0 Å². The molecule has 1 aliphatic carbocycles. The third-order valence-corrected chi connectivity index (χ3v) is 8.11. The van der Waals surface area contributed by atoms with E-state index >= 15 is 0 Å². The smallest absolute Gasteiger partial charge is 0.217 e. The molecule has 0 spiro atoms. The van der Waals surface area contributed by atoms with Gasteiger partial charge in [0, 0.05) is 31.0 Å². The zero-order valence-electron chi connectivity index (χ0n) is 18.5. The number of ether oxygens (including phenoxy) is 3. The van der Waals surface area contributed by atoms with Crippen LogP contribution in [0.15, 0.2) is 18.2 Å². The number of piperidine rings is 1. The summed E-state index contributed by atoms with van der Waals surface area (Å²) in [4.78, 5) is 12.4. The Kier molecular flexibility index (Phi) is 4.78. The van der Waals surface area contributed by atoms with E-state index in [4.69, 9.17) is 14.2 Å². The molecule has 3 heterocycles. The van der Waals surface area contributed by atoms with Crippen LogP contribution in [0.2, 0.25) is 0 Å². The largest absolute Gasteiger partial charge is 0.486 e. The van der Waals surface area contributed by atoms with E-state index < -0.39 is 0 Å². The summed E-state index contributed by atoms with van der Waals surface area (Å²) in [6, 6.07) is 6.53. The Bertz CT molecular complexity index is 840. The van der Waals surface area contributed by atoms with Crippen LogP contribution in [0.4, 0.5) is 0 Å². The summed E-state index contributed by atoms with van der Waals surface area (Å²) in [5, 5.41) is 7.31. The van der Waals surface area contributed by atoms with Gasteiger partial charge in [-0.05, 0) is 69.6 Å². The number of carbonyl (C=O) groups excluding carboxylic acids is 1. The van der Waals surface area contributed by atoms with Crippen LogP contribution in [-0.2, 0) is 9.53 Å². The summed E-state index contributed by atoms with van der Waals surface area (Å²) in [6.07, 6.45) is 2.98. The highest BCUT2D eigenvalue weighted by atomic mass is 16.6. The van der Waals surface area contributed by atoms with Gasteiger partial charge in [0.15, 0.2) is 11.5 Å². The van der Waals surface area contributed by atoms with Gasteiger partial charge in [-0.15, -0.1) is 0 Å². The summed E-state index contributed by atoms with van der Waals surface area (Å²) in [5.74, 6) is 2.81. The lowest BCUT2D eigenvalue weighted by atomic mass is 9.52. The molecule has 6 heteroatoms. The highest BCUT2D eigenvalue weighted by Gasteiger charge is 2.61. The summed E-state index contributed by atoms with van der Waals surface area (Å²) in [7, 11) is 0. The molecule has 0 aromatic heterocycles. The van der Waals surface area contributed by atoms with Gasteiger partial charge in [0.05, 0.1) is 11.6 Å². The van der Waals surface area contributed by atoms with Gasteiger partial charge < -0.3 is 24.8 Å². The van der Waals surface area contributed by atoms with Crippen molar-refractivity contribution in [2.24, 2.45) is 17.8 Å². The van der Waals surface area contributed by atoms with Crippen molar-refractivity contribution in [2.45, 2.75) is 70.2 Å². The van der Waals surface area contributed by atoms with Crippen molar-refractivity contribution in [3.8, 4) is 11.5 Å². The molecule has 0 radical (unpaired) electrons. The van der Waals surface area contributed by atoms with E-state index in [1.807, 2.05) is 6.07 Å². The first-order valence-corrected chi connectivity index (χ1v) is 11.4. The Balaban J connectivity index is 1.56. The maximum atomic E-state index is 12.4. The Morgan fingerprint density at radius 2 is 1.83 bits per heavy atom. The molecule has 2 saturated heterocycles. The second kappa shape index (κ2) is 7.13. The van der Waals surface area contributed by atoms with Crippen molar-refractivity contribution >= 4 is 5.91 Å². The van der Waals surface area contributed by atoms with Gasteiger partial charge in [-0.2, -0.15) is 0 Å². The van der Waals surface area contributed by atoms with Crippen LogP contribution >= 0.6 is 0 Å². The van der Waals surface area contributed by atoms with Gasteiger partial charge in [0.25, 0.3) is 0 Å². The van der Waals surface area contributed by atoms with Crippen molar-refractivity contribution < 1.29 is 19.0 Å². The first-order valence-electron chi connectivity index (χ1n) is 11.4. The van der Waals surface area contributed by atoms with E-state index in [1.54, 1.807) is 6.92 Å². The molecule has 3 aliphatic heterocycles. The molecule has 1 amide bonds. The standard InChI is InChI=1S/C24H34N2O4/c1-14-18-12-17(23(3,4)25-14)13-19-22(30-8-7-24(18,19)26-15(2)27)16-5-6-20-21(11-16)29-10-9-28-20/h5-6,11,14,17-19,22,25H,7-10,12-13H2,1-4H3,(H,26,27)/t14-,17?,18?,19+,22+,24+/m1/s1. The van der Waals surface area contributed by atoms with Crippen LogP contribution < -0.4 is 20.1 Å². The van der Waals surface area contributed by atoms with Crippen molar-refractivity contribution in [1.29, 1.82) is 0 Å². The van der Waals surface area contributed by atoms with E-state index in [9.17, 15) is 4.79 Å². The molecule has 30 heavy (non-hydrogen) atoms. The topological polar surface area (TPSA) is 68.8 Å². The van der Waals surface area contributed by atoms with E-state index in [0.717, 1.165) is 36.3 Å². The van der Waals surface area contributed by atoms with Gasteiger partial charge in [-0.3, -0.25) is 4.79 Å². The minimum atomic E-state index is -0.249. The SMILES string of the molecule is CC(=O)N[C@]12CCO[C@@H](c3ccc4c(c3)OCCO4)[C@@H]1CC1CC2[C@@H](C)NC1(C)C. The second-order valence-corrected chi connectivity index (χ2v) is 10.2. The van der Waals surface area contributed by atoms with E-state index in [2.05, 4.69) is 43.5 Å². The quantitative estimate of drug-likeness (QED) is 0.778. The predicted octanol–water partition coefficient (Wildman–Crippen LogP) is 3.21. The van der Waals surface area contributed by atoms with Crippen molar-refractivity contribution in [1.82, 2.24) is 10.6 Å². The van der Waals surface area contributed by atoms with E-state index in [-0.39, 0.29) is 29.0 Å². The molecule has 3 fully saturated rings. The average Bonchev–Trinajstić information content (AvgIpc) is 2.70. The summed E-state index contributed by atoms with van der Waals surface area (Å²) < 4.78 is 18.0. The van der Waals surface area contributed by atoms with E-state index in [1.165, 1.54) is 0 Å². The number of amides is 1. The molecule has 5 rings (SSSR count). The third-order valence-electron chi connectivity index (χ3n) is 8.11. The van der Waals surface area contributed by atoms with Gasteiger partial charge in [0.1, 0.15) is 13.2 Å². The van der Waals surface area contributed by atoms with Crippen LogP contribution in [0.5, 0.6) is 11.5 Å². The van der Waals surface area contributed by atoms with Gasteiger partial charge in [-0.1, -0.05) is 6.07 Å². The minimum Gasteiger partial charge on any atom is -0.486 e. The summed E-state index contributed by atoms with van der Waals surface area (Å²) in [5.41, 5.74) is 0.950. The van der Waals surface area contributed by atoms with E-state index in [0.29, 0.717) is 37.7 Å². The molecular formula is C24H34N2O4. The zero-order chi connectivity index (χ0) is 21.1. The lowest BCUT2D eigenvalue weighted by Crippen LogP contribution is -2.73. The second-order valence-electron chi connectivity index (χ2n) is 10.2. The number of benzene rings is 1. The van der Waals surface area contributed by atoms with Crippen LogP contribution in [0.25, 0.3) is 0 Å². The maximum Gasteiger partial charge on any atom is 0.217 e. The van der Waals surface area contributed by atoms with Gasteiger partial charge in [-0.25, -0.2) is 0 Å². The Morgan fingerprint density at radius 1 is 1.10 bits per heavy atom. The minimum absolute atomic E-state index is 0.0540. The fraction of sp³-hybridized carbons (Fsp3) is 0.708. The molecule has 164 valence electrons. The van der Waals surface area contributed by atoms with Crippen LogP contribution in [0, 0.1) is 17.8 Å². The molecule has 1 saturated carbocycles. The molecule has 1 aromatic carbocycles. The average molecular weight is 415 g/mol. The zero-order valence-corrected chi connectivity index (χ0v) is 18.5. The van der Waals surface area contributed by atoms with Crippen molar-refractivity contribution in [2.75, 3.05) is 19.8 Å². The third kappa shape index (κ3) is 3.11. The first kappa shape index (κ1) is 20.1. The summed E-state index contributed by atoms with van der Waals surface area (Å²) >= 11 is 0. The number of hydrogen-bond donors (Lipinski definition) is 2. The normalized spacial score (nSPS) is 39.0. The van der Waals surface area contributed by atoms with Crippen LogP contribution in [0.3, 0.4) is 0 Å². The predicted molar refractivity (Wildman–Crippen MR) is 114 cm³/mol. The molecule has 2 bridgehead atoms. The molecular weight excluding hydrogens is 380 g/mol. The molecule has 1 aromatic rings. The fourth-order valence-electron chi connectivity index (χ4n) is 6.83. The maximum absolute atomic E-state index is 12.4. The first-order chi connectivity index (χ1) is 14.3. The highest BCUT2D eigenvalue weighted by Crippen LogP contribution is 2.57. The molecule has 2 unspecified atom stereocenters.